The number of anilines is 2. The maximum atomic E-state index is 13.0. The number of hydrogen-bond acceptors (Lipinski definition) is 3. The van der Waals surface area contributed by atoms with E-state index in [1.807, 2.05) is 11.8 Å². The van der Waals surface area contributed by atoms with Gasteiger partial charge in [0.25, 0.3) is 12.3 Å². The monoisotopic (exact) mass is 475 g/mol. The highest BCUT2D eigenvalue weighted by molar-refractivity contribution is 6.04. The molecule has 0 radical (unpaired) electrons. The van der Waals surface area contributed by atoms with Crippen LogP contribution in [0.25, 0.3) is 0 Å². The van der Waals surface area contributed by atoms with Gasteiger partial charge in [-0.15, -0.1) is 0 Å². The van der Waals surface area contributed by atoms with Crippen LogP contribution in [0.3, 0.4) is 0 Å². The predicted octanol–water partition coefficient (Wildman–Crippen LogP) is 6.59. The van der Waals surface area contributed by atoms with E-state index in [1.54, 1.807) is 24.4 Å². The van der Waals surface area contributed by atoms with Crippen molar-refractivity contribution in [3.8, 4) is 0 Å². The fraction of sp³-hybridized carbons (Fsp3) is 0.280. The molecule has 9 heteroatoms. The van der Waals surface area contributed by atoms with Crippen molar-refractivity contribution < 1.29 is 26.7 Å². The van der Waals surface area contributed by atoms with Gasteiger partial charge in [0.2, 0.25) is 0 Å². The average molecular weight is 475 g/mol. The standard InChI is InChI=1S/C25H22F5N3O/c1-15-5-6-16(24(34)32-20-4-2-3-19(11-20)25(28,29)30)10-22(15)17-7-8-33(14-17)21-9-18(23(26)27)12-31-13-21/h2-6,9-13,17,23H,7-8,14H2,1H3,(H,32,34)/t17-/m1/s1. The normalized spacial score (nSPS) is 16.2. The topological polar surface area (TPSA) is 45.2 Å². The zero-order chi connectivity index (χ0) is 24.5. The number of halogens is 5. The van der Waals surface area contributed by atoms with Crippen LogP contribution in [-0.4, -0.2) is 24.0 Å². The number of benzene rings is 2. The summed E-state index contributed by atoms with van der Waals surface area (Å²) < 4.78 is 64.9. The first-order chi connectivity index (χ1) is 16.1. The number of aryl methyl sites for hydroxylation is 1. The Labute approximate surface area is 193 Å². The minimum absolute atomic E-state index is 0.0559. The summed E-state index contributed by atoms with van der Waals surface area (Å²) in [5, 5.41) is 2.53. The van der Waals surface area contributed by atoms with E-state index in [2.05, 4.69) is 10.3 Å². The van der Waals surface area contributed by atoms with Crippen LogP contribution < -0.4 is 10.2 Å². The van der Waals surface area contributed by atoms with E-state index < -0.39 is 24.1 Å². The lowest BCUT2D eigenvalue weighted by molar-refractivity contribution is -0.137. The third-order valence-corrected chi connectivity index (χ3v) is 5.98. The van der Waals surface area contributed by atoms with Gasteiger partial charge in [0, 0.05) is 42.0 Å². The fourth-order valence-corrected chi connectivity index (χ4v) is 4.18. The highest BCUT2D eigenvalue weighted by Gasteiger charge is 2.31. The Morgan fingerprint density at radius 1 is 1.12 bits per heavy atom. The Morgan fingerprint density at radius 2 is 1.91 bits per heavy atom. The zero-order valence-electron chi connectivity index (χ0n) is 18.2. The van der Waals surface area contributed by atoms with Gasteiger partial charge < -0.3 is 10.2 Å². The number of carbonyl (C=O) groups excluding carboxylic acids is 1. The van der Waals surface area contributed by atoms with Gasteiger partial charge in [0.15, 0.2) is 0 Å². The predicted molar refractivity (Wildman–Crippen MR) is 119 cm³/mol. The molecule has 0 unspecified atom stereocenters. The molecule has 0 spiro atoms. The quantitative estimate of drug-likeness (QED) is 0.424. The Morgan fingerprint density at radius 3 is 2.65 bits per heavy atom. The summed E-state index contributed by atoms with van der Waals surface area (Å²) in [7, 11) is 0. The van der Waals surface area contributed by atoms with Crippen molar-refractivity contribution in [3.63, 3.8) is 0 Å². The fourth-order valence-electron chi connectivity index (χ4n) is 4.18. The molecule has 0 saturated carbocycles. The van der Waals surface area contributed by atoms with Crippen molar-refractivity contribution in [1.29, 1.82) is 0 Å². The van der Waals surface area contributed by atoms with Gasteiger partial charge >= 0.3 is 6.18 Å². The number of nitrogens with one attached hydrogen (secondary N) is 1. The first kappa shape index (κ1) is 23.7. The largest absolute Gasteiger partial charge is 0.416 e. The summed E-state index contributed by atoms with van der Waals surface area (Å²) in [6.45, 7) is 3.15. The van der Waals surface area contributed by atoms with Crippen LogP contribution in [0.15, 0.2) is 60.9 Å². The van der Waals surface area contributed by atoms with Gasteiger partial charge in [-0.25, -0.2) is 8.78 Å². The summed E-state index contributed by atoms with van der Waals surface area (Å²) in [4.78, 5) is 18.7. The Bertz CT molecular complexity index is 1200. The highest BCUT2D eigenvalue weighted by Crippen LogP contribution is 2.34. The Hall–Kier alpha value is -3.49. The van der Waals surface area contributed by atoms with Crippen molar-refractivity contribution >= 4 is 17.3 Å². The van der Waals surface area contributed by atoms with Crippen molar-refractivity contribution in [1.82, 2.24) is 4.98 Å². The van der Waals surface area contributed by atoms with Gasteiger partial charge in [-0.05, 0) is 60.9 Å². The first-order valence-corrected chi connectivity index (χ1v) is 10.7. The van der Waals surface area contributed by atoms with Crippen LogP contribution in [0.2, 0.25) is 0 Å². The molecule has 1 aliphatic rings. The van der Waals surface area contributed by atoms with Crippen molar-refractivity contribution in [2.75, 3.05) is 23.3 Å². The summed E-state index contributed by atoms with van der Waals surface area (Å²) >= 11 is 0. The summed E-state index contributed by atoms with van der Waals surface area (Å²) in [5.41, 5.74) is 1.95. The number of aromatic nitrogens is 1. The molecule has 2 heterocycles. The SMILES string of the molecule is Cc1ccc(C(=O)Nc2cccc(C(F)(F)F)c2)cc1[C@@H]1CCN(c2cncc(C(F)F)c2)C1. The van der Waals surface area contributed by atoms with Crippen molar-refractivity contribution in [3.05, 3.63) is 88.7 Å². The van der Waals surface area contributed by atoms with Crippen LogP contribution in [0.4, 0.5) is 33.3 Å². The van der Waals surface area contributed by atoms with Crippen LogP contribution in [0.1, 0.15) is 51.4 Å². The number of alkyl halides is 5. The third kappa shape index (κ3) is 5.18. The molecular formula is C25H22F5N3O. The maximum absolute atomic E-state index is 13.0. The Balaban J connectivity index is 1.50. The number of carbonyl (C=O) groups is 1. The number of nitrogens with zero attached hydrogens (tertiary/aromatic N) is 2. The van der Waals surface area contributed by atoms with E-state index >= 15 is 0 Å². The third-order valence-electron chi connectivity index (χ3n) is 5.98. The molecule has 4 rings (SSSR count). The highest BCUT2D eigenvalue weighted by atomic mass is 19.4. The molecule has 1 fully saturated rings. The van der Waals surface area contributed by atoms with Crippen LogP contribution in [-0.2, 0) is 6.18 Å². The van der Waals surface area contributed by atoms with Crippen LogP contribution in [0.5, 0.6) is 0 Å². The van der Waals surface area contributed by atoms with E-state index in [9.17, 15) is 26.7 Å². The molecule has 4 nitrogen and oxygen atoms in total. The van der Waals surface area contributed by atoms with Crippen LogP contribution >= 0.6 is 0 Å². The van der Waals surface area contributed by atoms with E-state index in [4.69, 9.17) is 0 Å². The second-order valence-electron chi connectivity index (χ2n) is 8.31. The molecule has 1 N–H and O–H groups in total. The smallest absolute Gasteiger partial charge is 0.370 e. The summed E-state index contributed by atoms with van der Waals surface area (Å²) in [6, 6.07) is 11.1. The minimum Gasteiger partial charge on any atom is -0.370 e. The molecule has 1 saturated heterocycles. The number of rotatable bonds is 5. The molecule has 34 heavy (non-hydrogen) atoms. The molecule has 1 amide bonds. The molecule has 1 aromatic heterocycles. The molecule has 0 bridgehead atoms. The molecular weight excluding hydrogens is 453 g/mol. The van der Waals surface area contributed by atoms with E-state index in [0.29, 0.717) is 24.3 Å². The van der Waals surface area contributed by atoms with E-state index in [1.165, 1.54) is 18.2 Å². The Kier molecular flexibility index (Phi) is 6.54. The average Bonchev–Trinajstić information content (AvgIpc) is 3.29. The minimum atomic E-state index is -4.50. The van der Waals surface area contributed by atoms with Gasteiger partial charge in [-0.3, -0.25) is 9.78 Å². The number of hydrogen-bond donors (Lipinski definition) is 1. The number of pyridine rings is 1. The molecule has 3 aromatic rings. The lowest BCUT2D eigenvalue weighted by atomic mass is 9.92. The first-order valence-electron chi connectivity index (χ1n) is 10.7. The second-order valence-corrected chi connectivity index (χ2v) is 8.31. The maximum Gasteiger partial charge on any atom is 0.416 e. The van der Waals surface area contributed by atoms with Crippen molar-refractivity contribution in [2.24, 2.45) is 0 Å². The number of amides is 1. The lowest BCUT2D eigenvalue weighted by Gasteiger charge is -2.20. The lowest BCUT2D eigenvalue weighted by Crippen LogP contribution is -2.20. The van der Waals surface area contributed by atoms with E-state index in [-0.39, 0.29) is 17.2 Å². The molecule has 1 atom stereocenters. The second kappa shape index (κ2) is 9.40. The van der Waals surface area contributed by atoms with Crippen LogP contribution in [0, 0.1) is 6.92 Å². The molecule has 1 aliphatic heterocycles. The van der Waals surface area contributed by atoms with Crippen molar-refractivity contribution in [2.45, 2.75) is 31.9 Å². The molecule has 178 valence electrons. The molecule has 2 aromatic carbocycles. The zero-order valence-corrected chi connectivity index (χ0v) is 18.2. The van der Waals surface area contributed by atoms with Gasteiger partial charge in [0.1, 0.15) is 0 Å². The van der Waals surface area contributed by atoms with E-state index in [0.717, 1.165) is 35.9 Å². The molecule has 0 aliphatic carbocycles. The summed E-state index contributed by atoms with van der Waals surface area (Å²) in [6.07, 6.45) is -3.63. The summed E-state index contributed by atoms with van der Waals surface area (Å²) in [5.74, 6) is -0.444. The van der Waals surface area contributed by atoms with Gasteiger partial charge in [-0.1, -0.05) is 12.1 Å². The van der Waals surface area contributed by atoms with Gasteiger partial charge in [-0.2, -0.15) is 13.2 Å². The van der Waals surface area contributed by atoms with Gasteiger partial charge in [0.05, 0.1) is 17.4 Å².